The van der Waals surface area contributed by atoms with Gasteiger partial charge in [-0.25, -0.2) is 0 Å². The highest BCUT2D eigenvalue weighted by atomic mass is 35.5. The lowest BCUT2D eigenvalue weighted by molar-refractivity contribution is -0.134. The van der Waals surface area contributed by atoms with Crippen LogP contribution in [0, 0.1) is 19.3 Å². The first-order valence-corrected chi connectivity index (χ1v) is 8.07. The molecule has 2 fully saturated rings. The number of likely N-dealkylation sites (tertiary alicyclic amines) is 1. The second-order valence-corrected chi connectivity index (χ2v) is 6.83. The summed E-state index contributed by atoms with van der Waals surface area (Å²) in [6, 6.07) is 0. The molecule has 0 unspecified atom stereocenters. The Balaban J connectivity index is 0.00000176. The van der Waals surface area contributed by atoms with Gasteiger partial charge in [-0.3, -0.25) is 9.48 Å². The third kappa shape index (κ3) is 3.26. The molecule has 1 N–H and O–H groups in total. The molecular formula is C15H24Cl2N4O. The van der Waals surface area contributed by atoms with E-state index in [9.17, 15) is 4.79 Å². The number of carbonyl (C=O) groups is 1. The van der Waals surface area contributed by atoms with Crippen molar-refractivity contribution < 1.29 is 4.79 Å². The lowest BCUT2D eigenvalue weighted by Crippen LogP contribution is -2.45. The number of hydrogen-bond acceptors (Lipinski definition) is 3. The zero-order chi connectivity index (χ0) is 15.0. The topological polar surface area (TPSA) is 50.2 Å². The van der Waals surface area contributed by atoms with Gasteiger partial charge in [0, 0.05) is 19.6 Å². The molecule has 2 aliphatic heterocycles. The summed E-state index contributed by atoms with van der Waals surface area (Å²) in [6.07, 6.45) is 3.48. The van der Waals surface area contributed by atoms with E-state index in [4.69, 9.17) is 11.6 Å². The number of piperidine rings is 1. The maximum absolute atomic E-state index is 12.4. The Bertz CT molecular complexity index is 542. The second-order valence-electron chi connectivity index (χ2n) is 6.45. The number of amides is 1. The Kier molecular flexibility index (Phi) is 5.41. The Morgan fingerprint density at radius 2 is 2.00 bits per heavy atom. The summed E-state index contributed by atoms with van der Waals surface area (Å²) in [5.74, 6) is 0.151. The van der Waals surface area contributed by atoms with Gasteiger partial charge in [0.1, 0.15) is 6.54 Å². The summed E-state index contributed by atoms with van der Waals surface area (Å²) < 4.78 is 1.72. The number of nitrogens with zero attached hydrogens (tertiary/aromatic N) is 3. The fourth-order valence-corrected chi connectivity index (χ4v) is 3.65. The lowest BCUT2D eigenvalue weighted by atomic mass is 9.78. The van der Waals surface area contributed by atoms with Gasteiger partial charge in [0.05, 0.1) is 16.4 Å². The number of aromatic nitrogens is 2. The minimum atomic E-state index is 0. The van der Waals surface area contributed by atoms with Crippen molar-refractivity contribution in [2.75, 3.05) is 26.2 Å². The molecule has 0 aromatic carbocycles. The molecule has 22 heavy (non-hydrogen) atoms. The minimum Gasteiger partial charge on any atom is -0.341 e. The summed E-state index contributed by atoms with van der Waals surface area (Å²) in [7, 11) is 0. The number of hydrogen-bond donors (Lipinski definition) is 1. The molecule has 0 aliphatic carbocycles. The van der Waals surface area contributed by atoms with Gasteiger partial charge in [-0.15, -0.1) is 12.4 Å². The smallest absolute Gasteiger partial charge is 0.244 e. The predicted octanol–water partition coefficient (Wildman–Crippen LogP) is 2.18. The largest absolute Gasteiger partial charge is 0.341 e. The van der Waals surface area contributed by atoms with Crippen molar-refractivity contribution in [3.8, 4) is 0 Å². The maximum Gasteiger partial charge on any atom is 0.244 e. The van der Waals surface area contributed by atoms with Crippen molar-refractivity contribution in [3.63, 3.8) is 0 Å². The lowest BCUT2D eigenvalue weighted by Gasteiger charge is -2.38. The number of aryl methyl sites for hydroxylation is 1. The predicted molar refractivity (Wildman–Crippen MR) is 89.7 cm³/mol. The second kappa shape index (κ2) is 6.77. The van der Waals surface area contributed by atoms with Gasteiger partial charge in [0.25, 0.3) is 0 Å². The number of rotatable bonds is 2. The standard InChI is InChI=1S/C15H23ClN4O.ClH/c1-11-14(16)12(2)20(18-11)9-13(21)19-7-4-15(5-8-19)3-6-17-10-15;/h17H,3-10H2,1-2H3;1H. The zero-order valence-corrected chi connectivity index (χ0v) is 14.8. The molecule has 0 atom stereocenters. The summed E-state index contributed by atoms with van der Waals surface area (Å²) >= 11 is 6.13. The monoisotopic (exact) mass is 346 g/mol. The highest BCUT2D eigenvalue weighted by Gasteiger charge is 2.38. The van der Waals surface area contributed by atoms with Crippen LogP contribution in [0.3, 0.4) is 0 Å². The van der Waals surface area contributed by atoms with Crippen LogP contribution in [0.25, 0.3) is 0 Å². The SMILES string of the molecule is Cc1nn(CC(=O)N2CCC3(CCNC3)CC2)c(C)c1Cl.Cl. The van der Waals surface area contributed by atoms with Crippen LogP contribution in [-0.4, -0.2) is 46.8 Å². The fraction of sp³-hybridized carbons (Fsp3) is 0.733. The third-order valence-corrected chi connectivity index (χ3v) is 5.63. The summed E-state index contributed by atoms with van der Waals surface area (Å²) in [5.41, 5.74) is 2.10. The normalized spacial score (nSPS) is 20.2. The van der Waals surface area contributed by atoms with Crippen LogP contribution in [0.15, 0.2) is 0 Å². The van der Waals surface area contributed by atoms with Crippen LogP contribution in [0.2, 0.25) is 5.02 Å². The molecule has 2 aliphatic rings. The van der Waals surface area contributed by atoms with Crippen molar-refractivity contribution >= 4 is 29.9 Å². The van der Waals surface area contributed by atoms with Crippen LogP contribution in [0.4, 0.5) is 0 Å². The molecule has 5 nitrogen and oxygen atoms in total. The van der Waals surface area contributed by atoms with Gasteiger partial charge < -0.3 is 10.2 Å². The van der Waals surface area contributed by atoms with E-state index in [1.54, 1.807) is 4.68 Å². The number of halogens is 2. The summed E-state index contributed by atoms with van der Waals surface area (Å²) in [4.78, 5) is 14.4. The van der Waals surface area contributed by atoms with Gasteiger partial charge in [0.2, 0.25) is 5.91 Å². The quantitative estimate of drug-likeness (QED) is 0.892. The van der Waals surface area contributed by atoms with E-state index in [2.05, 4.69) is 10.4 Å². The molecule has 1 aromatic heterocycles. The fourth-order valence-electron chi connectivity index (χ4n) is 3.51. The molecular weight excluding hydrogens is 323 g/mol. The maximum atomic E-state index is 12.4. The van der Waals surface area contributed by atoms with Gasteiger partial charge in [-0.05, 0) is 45.1 Å². The molecule has 3 heterocycles. The Hall–Kier alpha value is -0.780. The molecule has 0 bridgehead atoms. The van der Waals surface area contributed by atoms with E-state index < -0.39 is 0 Å². The van der Waals surface area contributed by atoms with Crippen molar-refractivity contribution in [1.82, 2.24) is 20.0 Å². The van der Waals surface area contributed by atoms with E-state index >= 15 is 0 Å². The first kappa shape index (κ1) is 17.6. The van der Waals surface area contributed by atoms with Crippen molar-refractivity contribution in [1.29, 1.82) is 0 Å². The van der Waals surface area contributed by atoms with E-state index in [-0.39, 0.29) is 18.3 Å². The Morgan fingerprint density at radius 3 is 2.50 bits per heavy atom. The van der Waals surface area contributed by atoms with Crippen LogP contribution < -0.4 is 5.32 Å². The molecule has 7 heteroatoms. The number of nitrogens with one attached hydrogen (secondary N) is 1. The van der Waals surface area contributed by atoms with Crippen molar-refractivity contribution in [2.45, 2.75) is 39.7 Å². The van der Waals surface area contributed by atoms with Gasteiger partial charge >= 0.3 is 0 Å². The van der Waals surface area contributed by atoms with Crippen LogP contribution >= 0.6 is 24.0 Å². The van der Waals surface area contributed by atoms with Gasteiger partial charge in [-0.2, -0.15) is 5.10 Å². The molecule has 124 valence electrons. The molecule has 0 saturated carbocycles. The van der Waals surface area contributed by atoms with Crippen molar-refractivity contribution in [3.05, 3.63) is 16.4 Å². The summed E-state index contributed by atoms with van der Waals surface area (Å²) in [5, 5.41) is 8.46. The summed E-state index contributed by atoms with van der Waals surface area (Å²) in [6.45, 7) is 8.05. The molecule has 0 radical (unpaired) electrons. The van der Waals surface area contributed by atoms with Crippen molar-refractivity contribution in [2.24, 2.45) is 5.41 Å². The molecule has 1 aromatic rings. The van der Waals surface area contributed by atoms with Crippen LogP contribution in [0.1, 0.15) is 30.7 Å². The average Bonchev–Trinajstić information content (AvgIpc) is 3.01. The van der Waals surface area contributed by atoms with Crippen LogP contribution in [-0.2, 0) is 11.3 Å². The highest BCUT2D eigenvalue weighted by molar-refractivity contribution is 6.31. The Labute approximate surface area is 142 Å². The molecule has 1 spiro atoms. The van der Waals surface area contributed by atoms with E-state index in [1.807, 2.05) is 18.7 Å². The van der Waals surface area contributed by atoms with Gasteiger partial charge in [0.15, 0.2) is 0 Å². The van der Waals surface area contributed by atoms with E-state index in [1.165, 1.54) is 6.42 Å². The zero-order valence-electron chi connectivity index (χ0n) is 13.2. The minimum absolute atomic E-state index is 0. The third-order valence-electron chi connectivity index (χ3n) is 5.09. The average molecular weight is 347 g/mol. The molecule has 3 rings (SSSR count). The molecule has 2 saturated heterocycles. The van der Waals surface area contributed by atoms with Crippen LogP contribution in [0.5, 0.6) is 0 Å². The van der Waals surface area contributed by atoms with E-state index in [0.29, 0.717) is 17.0 Å². The Morgan fingerprint density at radius 1 is 1.32 bits per heavy atom. The van der Waals surface area contributed by atoms with Gasteiger partial charge in [-0.1, -0.05) is 11.6 Å². The first-order chi connectivity index (χ1) is 10.0. The highest BCUT2D eigenvalue weighted by Crippen LogP contribution is 2.36. The molecule has 1 amide bonds. The first-order valence-electron chi connectivity index (χ1n) is 7.69. The number of carbonyl (C=O) groups excluding carboxylic acids is 1. The van der Waals surface area contributed by atoms with E-state index in [0.717, 1.165) is 50.4 Å².